The van der Waals surface area contributed by atoms with E-state index in [1.54, 1.807) is 0 Å². The van der Waals surface area contributed by atoms with Gasteiger partial charge in [0.1, 0.15) is 0 Å². The highest BCUT2D eigenvalue weighted by atomic mass is 16.3. The van der Waals surface area contributed by atoms with E-state index in [9.17, 15) is 9.90 Å². The van der Waals surface area contributed by atoms with Crippen LogP contribution in [0.3, 0.4) is 0 Å². The summed E-state index contributed by atoms with van der Waals surface area (Å²) < 4.78 is 0. The van der Waals surface area contributed by atoms with E-state index < -0.39 is 5.54 Å². The van der Waals surface area contributed by atoms with Gasteiger partial charge in [0.05, 0.1) is 17.7 Å². The SMILES string of the molecule is NC1(C(=O)N2CC3CC4CC3C2C4O)CCCC1. The monoisotopic (exact) mass is 250 g/mol. The molecular formula is C14H22N2O2. The number of hydrogen-bond acceptors (Lipinski definition) is 3. The van der Waals surface area contributed by atoms with Gasteiger partial charge in [0.25, 0.3) is 0 Å². The second-order valence-corrected chi connectivity index (χ2v) is 6.96. The number of nitrogens with two attached hydrogens (primary N) is 1. The maximum Gasteiger partial charge on any atom is 0.243 e. The van der Waals surface area contributed by atoms with Crippen LogP contribution in [0.4, 0.5) is 0 Å². The molecule has 1 saturated heterocycles. The van der Waals surface area contributed by atoms with E-state index in [2.05, 4.69) is 0 Å². The second-order valence-electron chi connectivity index (χ2n) is 6.96. The molecular weight excluding hydrogens is 228 g/mol. The van der Waals surface area contributed by atoms with Crippen molar-refractivity contribution >= 4 is 5.91 Å². The fraction of sp³-hybridized carbons (Fsp3) is 0.929. The smallest absolute Gasteiger partial charge is 0.243 e. The van der Waals surface area contributed by atoms with Crippen LogP contribution in [0.1, 0.15) is 38.5 Å². The Morgan fingerprint density at radius 3 is 2.61 bits per heavy atom. The van der Waals surface area contributed by atoms with Crippen LogP contribution in [0.5, 0.6) is 0 Å². The van der Waals surface area contributed by atoms with Gasteiger partial charge < -0.3 is 15.7 Å². The van der Waals surface area contributed by atoms with E-state index in [1.807, 2.05) is 4.90 Å². The van der Waals surface area contributed by atoms with Gasteiger partial charge in [0, 0.05) is 6.54 Å². The topological polar surface area (TPSA) is 66.6 Å². The molecule has 0 aromatic carbocycles. The van der Waals surface area contributed by atoms with Crippen LogP contribution < -0.4 is 5.73 Å². The zero-order valence-corrected chi connectivity index (χ0v) is 10.7. The fourth-order valence-electron chi connectivity index (χ4n) is 5.16. The van der Waals surface area contributed by atoms with Crippen molar-refractivity contribution in [2.24, 2.45) is 23.5 Å². The number of nitrogens with zero attached hydrogens (tertiary/aromatic N) is 1. The second kappa shape index (κ2) is 3.48. The molecule has 4 rings (SSSR count). The van der Waals surface area contributed by atoms with Gasteiger partial charge in [-0.05, 0) is 43.4 Å². The number of fused-ring (bicyclic) bond motifs is 1. The summed E-state index contributed by atoms with van der Waals surface area (Å²) in [5.41, 5.74) is 5.67. The Hall–Kier alpha value is -0.610. The summed E-state index contributed by atoms with van der Waals surface area (Å²) in [7, 11) is 0. The number of hydrogen-bond donors (Lipinski definition) is 2. The lowest BCUT2D eigenvalue weighted by atomic mass is 9.88. The minimum Gasteiger partial charge on any atom is -0.391 e. The number of rotatable bonds is 1. The van der Waals surface area contributed by atoms with E-state index in [-0.39, 0.29) is 18.1 Å². The summed E-state index contributed by atoms with van der Waals surface area (Å²) in [6, 6.07) is 0.0854. The molecule has 4 nitrogen and oxygen atoms in total. The third kappa shape index (κ3) is 1.26. The van der Waals surface area contributed by atoms with Crippen LogP contribution in [0.2, 0.25) is 0 Å². The highest BCUT2D eigenvalue weighted by Gasteiger charge is 2.61. The van der Waals surface area contributed by atoms with Crippen LogP contribution in [-0.4, -0.2) is 40.1 Å². The molecule has 5 atom stereocenters. The number of aliphatic hydroxyl groups is 1. The zero-order chi connectivity index (χ0) is 12.5. The molecule has 0 aromatic rings. The normalized spacial score (nSPS) is 48.1. The molecule has 0 radical (unpaired) electrons. The summed E-state index contributed by atoms with van der Waals surface area (Å²) in [5.74, 6) is 1.76. The molecule has 1 heterocycles. The molecule has 0 aromatic heterocycles. The quantitative estimate of drug-likeness (QED) is 0.711. The van der Waals surface area contributed by atoms with Crippen molar-refractivity contribution in [1.82, 2.24) is 4.90 Å². The Kier molecular flexibility index (Phi) is 2.17. The van der Waals surface area contributed by atoms with Crippen molar-refractivity contribution in [3.63, 3.8) is 0 Å². The molecule has 5 unspecified atom stereocenters. The lowest BCUT2D eigenvalue weighted by Gasteiger charge is -2.34. The zero-order valence-electron chi connectivity index (χ0n) is 10.7. The first kappa shape index (κ1) is 11.2. The number of aliphatic hydroxyl groups excluding tert-OH is 1. The average molecular weight is 250 g/mol. The number of likely N-dealkylation sites (tertiary alicyclic amines) is 1. The average Bonchev–Trinajstić information content (AvgIpc) is 3.02. The molecule has 2 bridgehead atoms. The molecule has 100 valence electrons. The molecule has 4 fully saturated rings. The largest absolute Gasteiger partial charge is 0.391 e. The van der Waals surface area contributed by atoms with Crippen molar-refractivity contribution in [2.75, 3.05) is 6.54 Å². The molecule has 3 saturated carbocycles. The van der Waals surface area contributed by atoms with Gasteiger partial charge in [-0.15, -0.1) is 0 Å². The fourth-order valence-corrected chi connectivity index (χ4v) is 5.16. The standard InChI is InChI=1S/C14H22N2O2/c15-14(3-1-2-4-14)13(18)16-7-9-5-8-6-10(9)11(16)12(8)17/h8-12,17H,1-7,15H2. The minimum atomic E-state index is -0.623. The highest BCUT2D eigenvalue weighted by molar-refractivity contribution is 5.87. The minimum absolute atomic E-state index is 0.0854. The lowest BCUT2D eigenvalue weighted by molar-refractivity contribution is -0.139. The maximum absolute atomic E-state index is 12.7. The van der Waals surface area contributed by atoms with Gasteiger partial charge >= 0.3 is 0 Å². The Bertz CT molecular complexity index is 389. The van der Waals surface area contributed by atoms with E-state index in [0.29, 0.717) is 17.8 Å². The van der Waals surface area contributed by atoms with Crippen molar-refractivity contribution in [3.05, 3.63) is 0 Å². The van der Waals surface area contributed by atoms with Gasteiger partial charge in [-0.2, -0.15) is 0 Å². The van der Waals surface area contributed by atoms with Crippen molar-refractivity contribution in [2.45, 2.75) is 56.2 Å². The highest BCUT2D eigenvalue weighted by Crippen LogP contribution is 2.55. The summed E-state index contributed by atoms with van der Waals surface area (Å²) in [6.07, 6.45) is 5.73. The van der Waals surface area contributed by atoms with E-state index in [4.69, 9.17) is 5.73 Å². The van der Waals surface area contributed by atoms with Gasteiger partial charge in [-0.1, -0.05) is 12.8 Å². The predicted octanol–water partition coefficient (Wildman–Crippen LogP) is 0.486. The molecule has 1 aliphatic heterocycles. The number of amides is 1. The van der Waals surface area contributed by atoms with Crippen LogP contribution >= 0.6 is 0 Å². The summed E-state index contributed by atoms with van der Waals surface area (Å²) in [6.45, 7) is 0.848. The van der Waals surface area contributed by atoms with Crippen molar-refractivity contribution < 1.29 is 9.90 Å². The first-order valence-electron chi connectivity index (χ1n) is 7.38. The molecule has 4 heteroatoms. The molecule has 3 aliphatic carbocycles. The third-order valence-corrected chi connectivity index (χ3v) is 6.03. The summed E-state index contributed by atoms with van der Waals surface area (Å²) in [4.78, 5) is 14.7. The summed E-state index contributed by atoms with van der Waals surface area (Å²) >= 11 is 0. The predicted molar refractivity (Wildman–Crippen MR) is 66.6 cm³/mol. The van der Waals surface area contributed by atoms with E-state index in [0.717, 1.165) is 45.1 Å². The van der Waals surface area contributed by atoms with Crippen LogP contribution in [0, 0.1) is 17.8 Å². The molecule has 4 aliphatic rings. The Morgan fingerprint density at radius 2 is 1.94 bits per heavy atom. The third-order valence-electron chi connectivity index (χ3n) is 6.03. The van der Waals surface area contributed by atoms with Crippen molar-refractivity contribution in [1.29, 1.82) is 0 Å². The first-order valence-corrected chi connectivity index (χ1v) is 7.38. The van der Waals surface area contributed by atoms with Crippen molar-refractivity contribution in [3.8, 4) is 0 Å². The maximum atomic E-state index is 12.7. The van der Waals surface area contributed by atoms with Crippen LogP contribution in [0.15, 0.2) is 0 Å². The Morgan fingerprint density at radius 1 is 1.22 bits per heavy atom. The van der Waals surface area contributed by atoms with E-state index >= 15 is 0 Å². The number of carbonyl (C=O) groups excluding carboxylic acids is 1. The van der Waals surface area contributed by atoms with Gasteiger partial charge in [0.15, 0.2) is 0 Å². The van der Waals surface area contributed by atoms with Gasteiger partial charge in [0.2, 0.25) is 5.91 Å². The number of carbonyl (C=O) groups is 1. The van der Waals surface area contributed by atoms with Crippen LogP contribution in [-0.2, 0) is 4.79 Å². The van der Waals surface area contributed by atoms with E-state index in [1.165, 1.54) is 0 Å². The Labute approximate surface area is 108 Å². The first-order chi connectivity index (χ1) is 8.60. The molecule has 1 amide bonds. The Balaban J connectivity index is 1.61. The lowest BCUT2D eigenvalue weighted by Crippen LogP contribution is -2.56. The molecule has 3 N–H and O–H groups in total. The van der Waals surface area contributed by atoms with Gasteiger partial charge in [-0.25, -0.2) is 0 Å². The molecule has 0 spiro atoms. The van der Waals surface area contributed by atoms with Gasteiger partial charge in [-0.3, -0.25) is 4.79 Å². The van der Waals surface area contributed by atoms with Crippen LogP contribution in [0.25, 0.3) is 0 Å². The molecule has 18 heavy (non-hydrogen) atoms. The summed E-state index contributed by atoms with van der Waals surface area (Å²) in [5, 5.41) is 10.3.